The Morgan fingerprint density at radius 3 is 2.26 bits per heavy atom. The molecule has 0 aliphatic rings. The maximum absolute atomic E-state index is 12.4. The van der Waals surface area contributed by atoms with Crippen molar-refractivity contribution in [2.75, 3.05) is 24.3 Å². The third-order valence-electron chi connectivity index (χ3n) is 4.60. The summed E-state index contributed by atoms with van der Waals surface area (Å²) < 4.78 is 41.5. The largest absolute Gasteiger partial charge is 0.468 e. The first-order valence-electron chi connectivity index (χ1n) is 9.77. The van der Waals surface area contributed by atoms with E-state index in [9.17, 15) is 18.0 Å². The van der Waals surface area contributed by atoms with Crippen LogP contribution in [-0.4, -0.2) is 45.6 Å². The molecule has 0 unspecified atom stereocenters. The van der Waals surface area contributed by atoms with E-state index in [2.05, 4.69) is 15.0 Å². The van der Waals surface area contributed by atoms with Gasteiger partial charge in [-0.15, -0.1) is 0 Å². The van der Waals surface area contributed by atoms with Crippen molar-refractivity contribution in [3.8, 4) is 0 Å². The molecule has 0 spiro atoms. The van der Waals surface area contributed by atoms with Gasteiger partial charge in [-0.1, -0.05) is 26.2 Å². The number of hydrogen-bond donors (Lipinski definition) is 2. The maximum Gasteiger partial charge on any atom is 0.322 e. The summed E-state index contributed by atoms with van der Waals surface area (Å²) in [5.74, 6) is -2.55. The summed E-state index contributed by atoms with van der Waals surface area (Å²) in [5.41, 5.74) is 0.536. The molecule has 0 bridgehead atoms. The lowest BCUT2D eigenvalue weighted by molar-refractivity contribution is -0.159. The normalized spacial score (nSPS) is 12.3. The minimum atomic E-state index is -3.88. The van der Waals surface area contributed by atoms with Crippen molar-refractivity contribution in [2.24, 2.45) is 5.92 Å². The van der Waals surface area contributed by atoms with Crippen LogP contribution in [0.2, 0.25) is 0 Å². The van der Waals surface area contributed by atoms with Crippen LogP contribution in [0, 0.1) is 5.92 Å². The Bertz CT molecular complexity index is 928. The van der Waals surface area contributed by atoms with Crippen LogP contribution in [0.5, 0.6) is 0 Å². The van der Waals surface area contributed by atoms with Crippen molar-refractivity contribution >= 4 is 33.7 Å². The minimum absolute atomic E-state index is 0.00345. The topological polar surface area (TPSA) is 137 Å². The Morgan fingerprint density at radius 2 is 1.74 bits per heavy atom. The van der Waals surface area contributed by atoms with E-state index in [1.807, 2.05) is 6.92 Å². The van der Waals surface area contributed by atoms with E-state index in [4.69, 9.17) is 13.9 Å². The number of methoxy groups -OCH3 is 2. The fraction of sp³-hybridized carbons (Fsp3) is 0.450. The molecule has 10 nitrogen and oxygen atoms in total. The molecule has 0 radical (unpaired) electrons. The monoisotopic (exact) mass is 453 g/mol. The van der Waals surface area contributed by atoms with Gasteiger partial charge in [-0.3, -0.25) is 9.59 Å². The van der Waals surface area contributed by atoms with Gasteiger partial charge in [0.15, 0.2) is 5.92 Å². The molecular weight excluding hydrogens is 426 g/mol. The molecule has 1 aromatic heterocycles. The molecule has 0 aliphatic heterocycles. The number of rotatable bonds is 12. The van der Waals surface area contributed by atoms with Crippen LogP contribution in [0.3, 0.4) is 0 Å². The molecule has 0 fully saturated rings. The SMILES string of the molecule is CCCCC[C@H](Nc1ccc(S(=O)(=O)Nc2ncco2)cc1)C(C(=O)OC)C(=O)OC. The van der Waals surface area contributed by atoms with Crippen LogP contribution in [0.15, 0.2) is 46.0 Å². The number of nitrogens with zero attached hydrogens (tertiary/aromatic N) is 1. The smallest absolute Gasteiger partial charge is 0.322 e. The molecule has 0 saturated heterocycles. The molecule has 0 amide bonds. The molecule has 11 heteroatoms. The number of esters is 2. The molecule has 1 atom stereocenters. The van der Waals surface area contributed by atoms with Gasteiger partial charge in [-0.25, -0.2) is 18.1 Å². The van der Waals surface area contributed by atoms with Gasteiger partial charge >= 0.3 is 18.0 Å². The van der Waals surface area contributed by atoms with Gasteiger partial charge < -0.3 is 19.2 Å². The van der Waals surface area contributed by atoms with Gasteiger partial charge in [0.2, 0.25) is 0 Å². The van der Waals surface area contributed by atoms with Crippen molar-refractivity contribution in [3.63, 3.8) is 0 Å². The summed E-state index contributed by atoms with van der Waals surface area (Å²) in [7, 11) is -1.46. The molecule has 170 valence electrons. The second kappa shape index (κ2) is 11.3. The minimum Gasteiger partial charge on any atom is -0.468 e. The van der Waals surface area contributed by atoms with E-state index in [-0.39, 0.29) is 10.9 Å². The number of carbonyl (C=O) groups excluding carboxylic acids is 2. The third-order valence-corrected chi connectivity index (χ3v) is 5.94. The van der Waals surface area contributed by atoms with Gasteiger partial charge in [0, 0.05) is 5.69 Å². The fourth-order valence-corrected chi connectivity index (χ4v) is 3.95. The quantitative estimate of drug-likeness (QED) is 0.282. The second-order valence-corrected chi connectivity index (χ2v) is 8.42. The van der Waals surface area contributed by atoms with Gasteiger partial charge in [0.25, 0.3) is 10.0 Å². The standard InChI is InChI=1S/C20H27N3O7S/c1-4-5-6-7-16(17(18(24)28-2)19(25)29-3)22-14-8-10-15(11-9-14)31(26,27)23-20-21-12-13-30-20/h8-13,16-17,22H,4-7H2,1-3H3,(H,21,23)/t16-/m0/s1. The predicted octanol–water partition coefficient (Wildman–Crippen LogP) is 2.80. The van der Waals surface area contributed by atoms with E-state index in [0.29, 0.717) is 12.1 Å². The molecule has 2 rings (SSSR count). The highest BCUT2D eigenvalue weighted by Gasteiger charge is 2.36. The van der Waals surface area contributed by atoms with Crippen LogP contribution in [0.1, 0.15) is 32.6 Å². The summed E-state index contributed by atoms with van der Waals surface area (Å²) in [6.45, 7) is 2.05. The Balaban J connectivity index is 2.21. The van der Waals surface area contributed by atoms with E-state index >= 15 is 0 Å². The lowest BCUT2D eigenvalue weighted by atomic mass is 9.94. The zero-order valence-corrected chi connectivity index (χ0v) is 18.5. The van der Waals surface area contributed by atoms with Crippen LogP contribution in [-0.2, 0) is 29.1 Å². The number of benzene rings is 1. The predicted molar refractivity (Wildman–Crippen MR) is 113 cm³/mol. The number of sulfonamides is 1. The van der Waals surface area contributed by atoms with Gasteiger partial charge in [-0.2, -0.15) is 0 Å². The number of hydrogen-bond acceptors (Lipinski definition) is 9. The van der Waals surface area contributed by atoms with Crippen molar-refractivity contribution in [1.29, 1.82) is 0 Å². The number of carbonyl (C=O) groups is 2. The van der Waals surface area contributed by atoms with Gasteiger partial charge in [0.1, 0.15) is 6.26 Å². The zero-order chi connectivity index (χ0) is 22.9. The van der Waals surface area contributed by atoms with Gasteiger partial charge in [0.05, 0.1) is 31.4 Å². The second-order valence-electron chi connectivity index (χ2n) is 6.74. The van der Waals surface area contributed by atoms with E-state index in [1.54, 1.807) is 12.1 Å². The molecule has 0 aliphatic carbocycles. The number of unbranched alkanes of at least 4 members (excludes halogenated alkanes) is 2. The lowest BCUT2D eigenvalue weighted by Gasteiger charge is -2.25. The number of ether oxygens (including phenoxy) is 2. The number of oxazole rings is 1. The van der Waals surface area contributed by atoms with Crippen LogP contribution >= 0.6 is 0 Å². The lowest BCUT2D eigenvalue weighted by Crippen LogP contribution is -2.41. The molecule has 1 aromatic carbocycles. The van der Waals surface area contributed by atoms with Crippen molar-refractivity contribution in [3.05, 3.63) is 36.7 Å². The number of anilines is 2. The van der Waals surface area contributed by atoms with Gasteiger partial charge in [-0.05, 0) is 30.7 Å². The molecule has 0 saturated carbocycles. The first-order chi connectivity index (χ1) is 14.8. The van der Waals surface area contributed by atoms with E-state index < -0.39 is 33.9 Å². The Labute approximate surface area is 181 Å². The van der Waals surface area contributed by atoms with Crippen molar-refractivity contribution in [1.82, 2.24) is 4.98 Å². The van der Waals surface area contributed by atoms with Crippen LogP contribution in [0.4, 0.5) is 11.7 Å². The highest BCUT2D eigenvalue weighted by molar-refractivity contribution is 7.92. The summed E-state index contributed by atoms with van der Waals surface area (Å²) in [4.78, 5) is 28.2. The Morgan fingerprint density at radius 1 is 1.10 bits per heavy atom. The van der Waals surface area contributed by atoms with E-state index in [1.165, 1.54) is 38.8 Å². The zero-order valence-electron chi connectivity index (χ0n) is 17.7. The summed E-state index contributed by atoms with van der Waals surface area (Å²) >= 11 is 0. The summed E-state index contributed by atoms with van der Waals surface area (Å²) in [6, 6.07) is 5.14. The number of nitrogens with one attached hydrogen (secondary N) is 2. The molecule has 2 N–H and O–H groups in total. The Kier molecular flexibility index (Phi) is 8.86. The van der Waals surface area contributed by atoms with Crippen LogP contribution in [0.25, 0.3) is 0 Å². The molecule has 2 aromatic rings. The summed E-state index contributed by atoms with van der Waals surface area (Å²) in [5, 5.41) is 3.14. The maximum atomic E-state index is 12.4. The fourth-order valence-electron chi connectivity index (χ4n) is 3.01. The molecule has 1 heterocycles. The average molecular weight is 454 g/mol. The van der Waals surface area contributed by atoms with Crippen molar-refractivity contribution in [2.45, 2.75) is 43.5 Å². The molecular formula is C20H27N3O7S. The highest BCUT2D eigenvalue weighted by atomic mass is 32.2. The third kappa shape index (κ3) is 6.71. The molecule has 31 heavy (non-hydrogen) atoms. The van der Waals surface area contributed by atoms with Crippen LogP contribution < -0.4 is 10.0 Å². The average Bonchev–Trinajstić information content (AvgIpc) is 3.26. The van der Waals surface area contributed by atoms with Crippen molar-refractivity contribution < 1.29 is 31.9 Å². The first kappa shape index (κ1) is 24.2. The van der Waals surface area contributed by atoms with E-state index in [0.717, 1.165) is 19.3 Å². The Hall–Kier alpha value is -3.08. The number of aromatic nitrogens is 1. The summed E-state index contributed by atoms with van der Waals surface area (Å²) in [6.07, 6.45) is 5.78. The first-order valence-corrected chi connectivity index (χ1v) is 11.2. The highest BCUT2D eigenvalue weighted by Crippen LogP contribution is 2.23.